The van der Waals surface area contributed by atoms with Crippen LogP contribution in [0, 0.1) is 6.92 Å². The van der Waals surface area contributed by atoms with Crippen LogP contribution in [-0.2, 0) is 14.3 Å². The monoisotopic (exact) mass is 503 g/mol. The van der Waals surface area contributed by atoms with E-state index in [1.807, 2.05) is 6.07 Å². The smallest absolute Gasteiger partial charge is 0.348 e. The van der Waals surface area contributed by atoms with Gasteiger partial charge in [0, 0.05) is 6.08 Å². The molecule has 1 amide bonds. The van der Waals surface area contributed by atoms with Crippen LogP contribution in [0.1, 0.15) is 71.2 Å². The summed E-state index contributed by atoms with van der Waals surface area (Å²) in [5, 5.41) is 2.92. The van der Waals surface area contributed by atoms with E-state index in [0.29, 0.717) is 23.7 Å². The van der Waals surface area contributed by atoms with Gasteiger partial charge in [0.1, 0.15) is 9.88 Å². The predicted molar refractivity (Wildman–Crippen MR) is 137 cm³/mol. The van der Waals surface area contributed by atoms with Crippen molar-refractivity contribution in [3.05, 3.63) is 45.8 Å². The van der Waals surface area contributed by atoms with Crippen LogP contribution in [0.2, 0.25) is 0 Å². The van der Waals surface area contributed by atoms with Crippen LogP contribution in [0.5, 0.6) is 11.5 Å². The molecule has 190 valence electrons. The molecule has 2 rings (SSSR count). The molecule has 1 aromatic heterocycles. The number of hydrogen-bond donors (Lipinski definition) is 1. The second-order valence-electron chi connectivity index (χ2n) is 7.49. The third-order valence-electron chi connectivity index (χ3n) is 4.94. The molecule has 1 N–H and O–H groups in total. The molecule has 0 aliphatic carbocycles. The molecule has 0 aliphatic heterocycles. The van der Waals surface area contributed by atoms with Crippen LogP contribution in [-0.4, -0.2) is 44.8 Å². The number of esters is 2. The summed E-state index contributed by atoms with van der Waals surface area (Å²) < 4.78 is 21.4. The van der Waals surface area contributed by atoms with Crippen molar-refractivity contribution in [3.8, 4) is 11.5 Å². The quantitative estimate of drug-likeness (QED) is 0.214. The first kappa shape index (κ1) is 27.9. The zero-order chi connectivity index (χ0) is 25.8. The fraction of sp³-hybridized carbons (Fsp3) is 0.423. The van der Waals surface area contributed by atoms with Crippen molar-refractivity contribution < 1.29 is 33.3 Å². The summed E-state index contributed by atoms with van der Waals surface area (Å²) in [6, 6.07) is 5.40. The van der Waals surface area contributed by atoms with Gasteiger partial charge in [-0.3, -0.25) is 4.79 Å². The Balaban J connectivity index is 2.19. The third-order valence-corrected chi connectivity index (χ3v) is 6.13. The van der Waals surface area contributed by atoms with Crippen LogP contribution in [0.25, 0.3) is 6.08 Å². The number of carbonyl (C=O) groups is 3. The Morgan fingerprint density at radius 3 is 2.37 bits per heavy atom. The molecule has 0 spiro atoms. The topological polar surface area (TPSA) is 100 Å². The van der Waals surface area contributed by atoms with E-state index in [-0.39, 0.29) is 28.7 Å². The Hall–Kier alpha value is -3.33. The summed E-state index contributed by atoms with van der Waals surface area (Å²) in [7, 11) is 1.56. The Morgan fingerprint density at radius 1 is 1.00 bits per heavy atom. The highest BCUT2D eigenvalue weighted by Crippen LogP contribution is 2.34. The van der Waals surface area contributed by atoms with Gasteiger partial charge >= 0.3 is 11.9 Å². The minimum Gasteiger partial charge on any atom is -0.493 e. The molecule has 2 aromatic rings. The Kier molecular flexibility index (Phi) is 11.3. The van der Waals surface area contributed by atoms with E-state index in [0.717, 1.165) is 36.2 Å². The van der Waals surface area contributed by atoms with Crippen LogP contribution >= 0.6 is 11.3 Å². The molecule has 35 heavy (non-hydrogen) atoms. The fourth-order valence-corrected chi connectivity index (χ4v) is 4.30. The summed E-state index contributed by atoms with van der Waals surface area (Å²) in [4.78, 5) is 37.7. The number of methoxy groups -OCH3 is 1. The lowest BCUT2D eigenvalue weighted by atomic mass is 10.1. The molecule has 8 nitrogen and oxygen atoms in total. The van der Waals surface area contributed by atoms with E-state index in [4.69, 9.17) is 18.9 Å². The highest BCUT2D eigenvalue weighted by Gasteiger charge is 2.27. The van der Waals surface area contributed by atoms with Gasteiger partial charge in [-0.2, -0.15) is 0 Å². The first-order valence-electron chi connectivity index (χ1n) is 11.6. The molecular formula is C26H33NO7S. The van der Waals surface area contributed by atoms with E-state index < -0.39 is 17.8 Å². The second kappa shape index (κ2) is 14.2. The molecule has 1 heterocycles. The number of thiophene rings is 1. The zero-order valence-electron chi connectivity index (χ0n) is 20.9. The number of nitrogens with one attached hydrogen (secondary N) is 1. The van der Waals surface area contributed by atoms with E-state index >= 15 is 0 Å². The number of carbonyl (C=O) groups excluding carboxylic acids is 3. The largest absolute Gasteiger partial charge is 0.493 e. The van der Waals surface area contributed by atoms with Crippen LogP contribution in [0.4, 0.5) is 5.00 Å². The number of benzene rings is 1. The number of hydrogen-bond acceptors (Lipinski definition) is 8. The minimum absolute atomic E-state index is 0.146. The van der Waals surface area contributed by atoms with Gasteiger partial charge in [0.25, 0.3) is 0 Å². The van der Waals surface area contributed by atoms with E-state index in [9.17, 15) is 14.4 Å². The number of ether oxygens (including phenoxy) is 4. The molecule has 0 aliphatic rings. The van der Waals surface area contributed by atoms with Crippen molar-refractivity contribution in [3.63, 3.8) is 0 Å². The van der Waals surface area contributed by atoms with Gasteiger partial charge in [0.05, 0.1) is 32.5 Å². The van der Waals surface area contributed by atoms with Gasteiger partial charge in [0.2, 0.25) is 5.91 Å². The average Bonchev–Trinajstić information content (AvgIpc) is 3.16. The lowest BCUT2D eigenvalue weighted by Crippen LogP contribution is -2.13. The summed E-state index contributed by atoms with van der Waals surface area (Å²) >= 11 is 0.980. The van der Waals surface area contributed by atoms with E-state index in [2.05, 4.69) is 12.2 Å². The Bertz CT molecular complexity index is 1060. The average molecular weight is 504 g/mol. The molecule has 0 bridgehead atoms. The molecule has 1 aromatic carbocycles. The standard InChI is InChI=1S/C26H33NO7S/c1-6-9-10-15-34-19-13-11-18(16-20(19)31-5)12-14-21(28)27-24-22(25(29)32-7-2)17(4)23(35-24)26(30)33-8-3/h11-14,16H,6-10,15H2,1-5H3,(H,27,28)/b14-12+. The van der Waals surface area contributed by atoms with Gasteiger partial charge in [-0.25, -0.2) is 9.59 Å². The summed E-state index contributed by atoms with van der Waals surface area (Å²) in [6.45, 7) is 8.10. The maximum absolute atomic E-state index is 12.6. The van der Waals surface area contributed by atoms with Crippen molar-refractivity contribution >= 4 is 40.3 Å². The van der Waals surface area contributed by atoms with Crippen LogP contribution in [0.15, 0.2) is 24.3 Å². The number of unbranched alkanes of at least 4 members (excludes halogenated alkanes) is 2. The molecule has 0 saturated carbocycles. The molecule has 0 unspecified atom stereocenters. The highest BCUT2D eigenvalue weighted by atomic mass is 32.1. The van der Waals surface area contributed by atoms with Crippen LogP contribution in [0.3, 0.4) is 0 Å². The molecule has 0 radical (unpaired) electrons. The zero-order valence-corrected chi connectivity index (χ0v) is 21.7. The second-order valence-corrected chi connectivity index (χ2v) is 8.51. The number of amides is 1. The lowest BCUT2D eigenvalue weighted by molar-refractivity contribution is -0.111. The van der Waals surface area contributed by atoms with Crippen molar-refractivity contribution in [2.75, 3.05) is 32.2 Å². The number of anilines is 1. The highest BCUT2D eigenvalue weighted by molar-refractivity contribution is 7.18. The maximum atomic E-state index is 12.6. The van der Waals surface area contributed by atoms with E-state index in [1.165, 1.54) is 6.08 Å². The Labute approximate surface area is 210 Å². The molecule has 0 fully saturated rings. The Morgan fingerprint density at radius 2 is 1.71 bits per heavy atom. The van der Waals surface area contributed by atoms with Gasteiger partial charge in [0.15, 0.2) is 11.5 Å². The first-order valence-corrected chi connectivity index (χ1v) is 12.4. The van der Waals surface area contributed by atoms with Crippen molar-refractivity contribution in [2.24, 2.45) is 0 Å². The SMILES string of the molecule is CCCCCOc1ccc(/C=C/C(=O)Nc2sc(C(=O)OCC)c(C)c2C(=O)OCC)cc1OC. The van der Waals surface area contributed by atoms with Gasteiger partial charge in [-0.1, -0.05) is 25.8 Å². The third kappa shape index (κ3) is 7.85. The van der Waals surface area contributed by atoms with E-state index in [1.54, 1.807) is 46.1 Å². The van der Waals surface area contributed by atoms with Crippen molar-refractivity contribution in [1.29, 1.82) is 0 Å². The summed E-state index contributed by atoms with van der Waals surface area (Å²) in [5.41, 5.74) is 1.29. The minimum atomic E-state index is -0.615. The summed E-state index contributed by atoms with van der Waals surface area (Å²) in [6.07, 6.45) is 6.14. The maximum Gasteiger partial charge on any atom is 0.348 e. The van der Waals surface area contributed by atoms with Gasteiger partial charge < -0.3 is 24.3 Å². The summed E-state index contributed by atoms with van der Waals surface area (Å²) in [5.74, 6) is -0.423. The van der Waals surface area contributed by atoms with Crippen molar-refractivity contribution in [1.82, 2.24) is 0 Å². The normalized spacial score (nSPS) is 10.8. The number of rotatable bonds is 13. The van der Waals surface area contributed by atoms with Crippen LogP contribution < -0.4 is 14.8 Å². The lowest BCUT2D eigenvalue weighted by Gasteiger charge is -2.11. The van der Waals surface area contributed by atoms with Gasteiger partial charge in [-0.05, 0) is 56.5 Å². The van der Waals surface area contributed by atoms with Gasteiger partial charge in [-0.15, -0.1) is 11.3 Å². The molecule has 0 atom stereocenters. The molecule has 9 heteroatoms. The predicted octanol–water partition coefficient (Wildman–Crippen LogP) is 5.64. The molecule has 0 saturated heterocycles. The van der Waals surface area contributed by atoms with Crippen molar-refractivity contribution in [2.45, 2.75) is 47.0 Å². The molecular weight excluding hydrogens is 470 g/mol. The first-order chi connectivity index (χ1) is 16.9. The fourth-order valence-electron chi connectivity index (χ4n) is 3.21.